The van der Waals surface area contributed by atoms with Gasteiger partial charge in [-0.2, -0.15) is 5.10 Å². The highest BCUT2D eigenvalue weighted by atomic mass is 16.1. The molecule has 19 heavy (non-hydrogen) atoms. The predicted molar refractivity (Wildman–Crippen MR) is 73.6 cm³/mol. The fourth-order valence-corrected chi connectivity index (χ4v) is 2.06. The van der Waals surface area contributed by atoms with Crippen LogP contribution >= 0.6 is 0 Å². The van der Waals surface area contributed by atoms with Crippen LogP contribution in [-0.4, -0.2) is 15.5 Å². The molecular weight excluding hydrogens is 240 g/mol. The normalized spacial score (nSPS) is 10.7. The van der Waals surface area contributed by atoms with Crippen molar-refractivity contribution in [3.8, 4) is 11.1 Å². The number of nitrogens with two attached hydrogens (primary N) is 2. The van der Waals surface area contributed by atoms with Crippen LogP contribution in [0, 0.1) is 0 Å². The van der Waals surface area contributed by atoms with Gasteiger partial charge in [-0.1, -0.05) is 30.3 Å². The number of aromatic nitrogens is 2. The first kappa shape index (κ1) is 11.3. The Morgan fingerprint density at radius 3 is 2.58 bits per heavy atom. The molecule has 0 saturated heterocycles. The van der Waals surface area contributed by atoms with E-state index in [2.05, 4.69) is 5.10 Å². The lowest BCUT2D eigenvalue weighted by molar-refractivity contribution is 0.100. The van der Waals surface area contributed by atoms with Crippen molar-refractivity contribution >= 4 is 17.1 Å². The van der Waals surface area contributed by atoms with Gasteiger partial charge in [0.05, 0.1) is 23.0 Å². The van der Waals surface area contributed by atoms with Crippen molar-refractivity contribution in [2.24, 2.45) is 5.73 Å². The van der Waals surface area contributed by atoms with Gasteiger partial charge >= 0.3 is 0 Å². The van der Waals surface area contributed by atoms with Gasteiger partial charge in [0.25, 0.3) is 5.91 Å². The molecule has 0 aliphatic carbocycles. The van der Waals surface area contributed by atoms with Crippen LogP contribution in [0.25, 0.3) is 16.6 Å². The summed E-state index contributed by atoms with van der Waals surface area (Å²) in [5.41, 5.74) is 14.5. The van der Waals surface area contributed by atoms with Gasteiger partial charge in [0.2, 0.25) is 0 Å². The van der Waals surface area contributed by atoms with Crippen LogP contribution in [-0.2, 0) is 0 Å². The van der Waals surface area contributed by atoms with Crippen LogP contribution in [0.3, 0.4) is 0 Å². The number of carbonyl (C=O) groups excluding carboxylic acids is 1. The van der Waals surface area contributed by atoms with Crippen molar-refractivity contribution in [2.75, 3.05) is 5.73 Å². The van der Waals surface area contributed by atoms with Crippen molar-refractivity contribution in [3.63, 3.8) is 0 Å². The molecule has 94 valence electrons. The first-order valence-corrected chi connectivity index (χ1v) is 5.79. The van der Waals surface area contributed by atoms with Crippen LogP contribution in [0.5, 0.6) is 0 Å². The maximum atomic E-state index is 11.2. The largest absolute Gasteiger partial charge is 0.396 e. The van der Waals surface area contributed by atoms with Crippen LogP contribution in [0.1, 0.15) is 10.4 Å². The van der Waals surface area contributed by atoms with E-state index in [4.69, 9.17) is 11.5 Å². The second-order valence-corrected chi connectivity index (χ2v) is 4.26. The molecule has 0 fully saturated rings. The summed E-state index contributed by atoms with van der Waals surface area (Å²) in [5.74, 6) is -0.574. The number of primary amides is 1. The van der Waals surface area contributed by atoms with E-state index >= 15 is 0 Å². The smallest absolute Gasteiger partial charge is 0.252 e. The monoisotopic (exact) mass is 252 g/mol. The molecule has 0 spiro atoms. The van der Waals surface area contributed by atoms with E-state index in [1.807, 2.05) is 42.6 Å². The van der Waals surface area contributed by atoms with Gasteiger partial charge in [0, 0.05) is 11.8 Å². The highest BCUT2D eigenvalue weighted by molar-refractivity contribution is 6.01. The number of anilines is 1. The lowest BCUT2D eigenvalue weighted by atomic mass is 10.1. The minimum atomic E-state index is -0.574. The number of fused-ring (bicyclic) bond motifs is 1. The molecule has 1 aromatic carbocycles. The van der Waals surface area contributed by atoms with Crippen LogP contribution < -0.4 is 11.5 Å². The Hall–Kier alpha value is -2.82. The zero-order valence-electron chi connectivity index (χ0n) is 10.1. The fourth-order valence-electron chi connectivity index (χ4n) is 2.06. The second kappa shape index (κ2) is 4.13. The van der Waals surface area contributed by atoms with Gasteiger partial charge in [-0.25, -0.2) is 4.52 Å². The van der Waals surface area contributed by atoms with E-state index in [0.29, 0.717) is 11.2 Å². The molecule has 5 heteroatoms. The van der Waals surface area contributed by atoms with Crippen LogP contribution in [0.4, 0.5) is 5.69 Å². The number of rotatable bonds is 2. The Kier molecular flexibility index (Phi) is 2.45. The van der Waals surface area contributed by atoms with Crippen molar-refractivity contribution in [1.82, 2.24) is 9.61 Å². The Morgan fingerprint density at radius 2 is 1.89 bits per heavy atom. The molecule has 0 atom stereocenters. The van der Waals surface area contributed by atoms with E-state index in [1.54, 1.807) is 4.52 Å². The Bertz CT molecular complexity index is 762. The lowest BCUT2D eigenvalue weighted by Crippen LogP contribution is -2.15. The zero-order valence-corrected chi connectivity index (χ0v) is 10.1. The van der Waals surface area contributed by atoms with E-state index in [1.165, 1.54) is 6.20 Å². The summed E-state index contributed by atoms with van der Waals surface area (Å²) in [6, 6.07) is 11.8. The third kappa shape index (κ3) is 1.81. The Labute approximate surface area is 109 Å². The number of nitrogens with zero attached hydrogens (tertiary/aromatic N) is 2. The molecule has 0 aliphatic rings. The summed E-state index contributed by atoms with van der Waals surface area (Å²) in [5, 5.41) is 4.15. The Morgan fingerprint density at radius 1 is 1.16 bits per heavy atom. The molecular formula is C14H12N4O. The predicted octanol–water partition coefficient (Wildman–Crippen LogP) is 1.68. The number of nitrogen functional groups attached to an aromatic ring is 1. The number of benzene rings is 1. The molecule has 0 bridgehead atoms. The molecule has 4 N–H and O–H groups in total. The average Bonchev–Trinajstić information content (AvgIpc) is 2.85. The summed E-state index contributed by atoms with van der Waals surface area (Å²) in [6.07, 6.45) is 3.26. The third-order valence-electron chi connectivity index (χ3n) is 3.05. The minimum absolute atomic E-state index is 0.241. The molecule has 0 radical (unpaired) electrons. The second-order valence-electron chi connectivity index (χ2n) is 4.26. The first-order chi connectivity index (χ1) is 9.16. The molecule has 5 nitrogen and oxygen atoms in total. The fraction of sp³-hybridized carbons (Fsp3) is 0. The van der Waals surface area contributed by atoms with Gasteiger partial charge in [-0.05, 0) is 11.6 Å². The Balaban J connectivity index is 2.22. The summed E-state index contributed by atoms with van der Waals surface area (Å²) < 4.78 is 1.64. The van der Waals surface area contributed by atoms with Gasteiger partial charge in [-0.3, -0.25) is 4.79 Å². The molecule has 0 saturated carbocycles. The highest BCUT2D eigenvalue weighted by Crippen LogP contribution is 2.26. The van der Waals surface area contributed by atoms with Gasteiger partial charge in [0.15, 0.2) is 0 Å². The number of amides is 1. The molecule has 0 aliphatic heterocycles. The molecule has 1 amide bonds. The number of hydrogen-bond donors (Lipinski definition) is 2. The van der Waals surface area contributed by atoms with Crippen LogP contribution in [0.15, 0.2) is 48.8 Å². The van der Waals surface area contributed by atoms with Crippen molar-refractivity contribution in [3.05, 3.63) is 54.4 Å². The van der Waals surface area contributed by atoms with E-state index in [-0.39, 0.29) is 5.56 Å². The highest BCUT2D eigenvalue weighted by Gasteiger charge is 2.12. The van der Waals surface area contributed by atoms with E-state index < -0.39 is 5.91 Å². The quantitative estimate of drug-likeness (QED) is 0.727. The average molecular weight is 252 g/mol. The van der Waals surface area contributed by atoms with Gasteiger partial charge < -0.3 is 11.5 Å². The molecule has 3 rings (SSSR count). The number of carbonyl (C=O) groups is 1. The molecule has 2 aromatic heterocycles. The summed E-state index contributed by atoms with van der Waals surface area (Å²) in [4.78, 5) is 11.2. The molecule has 0 unspecified atom stereocenters. The van der Waals surface area contributed by atoms with Crippen LogP contribution in [0.2, 0.25) is 0 Å². The number of hydrogen-bond acceptors (Lipinski definition) is 3. The van der Waals surface area contributed by atoms with Gasteiger partial charge in [-0.15, -0.1) is 0 Å². The summed E-state index contributed by atoms with van der Waals surface area (Å²) in [6.45, 7) is 0. The SMILES string of the molecule is NC(=O)c1cnn2cc(-c3ccccc3)cc2c1N. The summed E-state index contributed by atoms with van der Waals surface area (Å²) >= 11 is 0. The van der Waals surface area contributed by atoms with Crippen molar-refractivity contribution in [1.29, 1.82) is 0 Å². The third-order valence-corrected chi connectivity index (χ3v) is 3.05. The first-order valence-electron chi connectivity index (χ1n) is 5.79. The topological polar surface area (TPSA) is 86.4 Å². The van der Waals surface area contributed by atoms with Crippen molar-refractivity contribution < 1.29 is 4.79 Å². The standard InChI is InChI=1S/C14H12N4O/c15-13-11(14(16)19)7-17-18-8-10(6-12(13)18)9-4-2-1-3-5-9/h1-8H,15H2,(H2,16,19). The lowest BCUT2D eigenvalue weighted by Gasteiger charge is -2.02. The molecule has 3 aromatic rings. The van der Waals surface area contributed by atoms with Crippen molar-refractivity contribution in [2.45, 2.75) is 0 Å². The van der Waals surface area contributed by atoms with E-state index in [0.717, 1.165) is 11.1 Å². The minimum Gasteiger partial charge on any atom is -0.396 e. The summed E-state index contributed by atoms with van der Waals surface area (Å²) in [7, 11) is 0. The maximum Gasteiger partial charge on any atom is 0.252 e. The van der Waals surface area contributed by atoms with Gasteiger partial charge in [0.1, 0.15) is 0 Å². The van der Waals surface area contributed by atoms with E-state index in [9.17, 15) is 4.79 Å². The zero-order chi connectivity index (χ0) is 13.4. The maximum absolute atomic E-state index is 11.2. The molecule has 2 heterocycles.